The van der Waals surface area contributed by atoms with Crippen LogP contribution in [0.4, 0.5) is 10.1 Å². The molecule has 1 aromatic heterocycles. The normalized spacial score (nSPS) is 14.9. The first-order chi connectivity index (χ1) is 12.5. The minimum absolute atomic E-state index is 0.0499. The number of piperazine rings is 1. The number of carbonyl (C=O) groups excluding carboxylic acids is 1. The van der Waals surface area contributed by atoms with Gasteiger partial charge in [-0.3, -0.25) is 4.79 Å². The number of nitrogens with zero attached hydrogens (tertiary/aromatic N) is 2. The quantitative estimate of drug-likeness (QED) is 0.573. The number of benzene rings is 2. The average molecular weight is 409 g/mol. The summed E-state index contributed by atoms with van der Waals surface area (Å²) in [6, 6.07) is 11.9. The molecule has 0 saturated carbocycles. The van der Waals surface area contributed by atoms with Crippen LogP contribution in [0.15, 0.2) is 42.5 Å². The molecule has 0 radical (unpaired) electrons. The number of carbonyl (C=O) groups is 1. The van der Waals surface area contributed by atoms with Crippen LogP contribution in [-0.2, 0) is 0 Å². The largest absolute Gasteiger partial charge is 0.368 e. The highest BCUT2D eigenvalue weighted by molar-refractivity contribution is 7.21. The molecule has 26 heavy (non-hydrogen) atoms. The zero-order chi connectivity index (χ0) is 18.3. The van der Waals surface area contributed by atoms with Crippen LogP contribution in [0.5, 0.6) is 0 Å². The lowest BCUT2D eigenvalue weighted by Gasteiger charge is -2.36. The zero-order valence-electron chi connectivity index (χ0n) is 13.7. The molecular formula is C19H15Cl2FN2OS. The van der Waals surface area contributed by atoms with Gasteiger partial charge in [0.05, 0.1) is 5.02 Å². The molecule has 2 heterocycles. The van der Waals surface area contributed by atoms with Crippen molar-refractivity contribution in [1.82, 2.24) is 4.90 Å². The highest BCUT2D eigenvalue weighted by Crippen LogP contribution is 2.37. The number of hydrogen-bond acceptors (Lipinski definition) is 3. The van der Waals surface area contributed by atoms with Crippen LogP contribution in [0.1, 0.15) is 9.67 Å². The van der Waals surface area contributed by atoms with Crippen LogP contribution in [0.3, 0.4) is 0 Å². The second-order valence-corrected chi connectivity index (χ2v) is 8.01. The number of amides is 1. The Kier molecular flexibility index (Phi) is 4.78. The molecule has 3 nitrogen and oxygen atoms in total. The van der Waals surface area contributed by atoms with Gasteiger partial charge in [-0.05, 0) is 36.4 Å². The van der Waals surface area contributed by atoms with E-state index in [0.29, 0.717) is 41.1 Å². The Morgan fingerprint density at radius 1 is 1.00 bits per heavy atom. The summed E-state index contributed by atoms with van der Waals surface area (Å²) in [7, 11) is 0. The Hall–Kier alpha value is -1.82. The number of hydrogen-bond donors (Lipinski definition) is 0. The minimum Gasteiger partial charge on any atom is -0.368 e. The Morgan fingerprint density at radius 2 is 1.69 bits per heavy atom. The van der Waals surface area contributed by atoms with Crippen LogP contribution in [0.2, 0.25) is 10.0 Å². The number of thiophene rings is 1. The molecular weight excluding hydrogens is 394 g/mol. The van der Waals surface area contributed by atoms with Crippen molar-refractivity contribution in [3.05, 3.63) is 63.2 Å². The summed E-state index contributed by atoms with van der Waals surface area (Å²) in [6.45, 7) is 2.60. The van der Waals surface area contributed by atoms with Crippen molar-refractivity contribution < 1.29 is 9.18 Å². The third-order valence-electron chi connectivity index (χ3n) is 4.54. The predicted octanol–water partition coefficient (Wildman–Crippen LogP) is 5.31. The van der Waals surface area contributed by atoms with Crippen LogP contribution >= 0.6 is 34.5 Å². The van der Waals surface area contributed by atoms with Gasteiger partial charge in [0.15, 0.2) is 0 Å². The minimum atomic E-state index is -0.248. The van der Waals surface area contributed by atoms with Gasteiger partial charge in [-0.25, -0.2) is 4.39 Å². The Bertz CT molecular complexity index is 966. The van der Waals surface area contributed by atoms with Crippen LogP contribution in [-0.4, -0.2) is 37.0 Å². The van der Waals surface area contributed by atoms with Gasteiger partial charge in [0.2, 0.25) is 0 Å². The summed E-state index contributed by atoms with van der Waals surface area (Å²) in [5, 5.41) is 1.98. The molecule has 0 unspecified atom stereocenters. The summed E-state index contributed by atoms with van der Waals surface area (Å²) in [5.41, 5.74) is 0.966. The fourth-order valence-corrected chi connectivity index (χ4v) is 4.90. The Labute approximate surface area is 164 Å². The van der Waals surface area contributed by atoms with E-state index < -0.39 is 0 Å². The summed E-state index contributed by atoms with van der Waals surface area (Å²) in [4.78, 5) is 17.4. The molecule has 7 heteroatoms. The lowest BCUT2D eigenvalue weighted by molar-refractivity contribution is 0.0752. The zero-order valence-corrected chi connectivity index (χ0v) is 16.0. The maximum Gasteiger partial charge on any atom is 0.265 e. The van der Waals surface area contributed by atoms with E-state index >= 15 is 0 Å². The highest BCUT2D eigenvalue weighted by Gasteiger charge is 2.26. The van der Waals surface area contributed by atoms with E-state index in [1.54, 1.807) is 18.2 Å². The van der Waals surface area contributed by atoms with Crippen molar-refractivity contribution in [2.45, 2.75) is 0 Å². The number of anilines is 1. The molecule has 1 aliphatic heterocycles. The molecule has 0 bridgehead atoms. The summed E-state index contributed by atoms with van der Waals surface area (Å²) >= 11 is 13.8. The van der Waals surface area contributed by atoms with Gasteiger partial charge >= 0.3 is 0 Å². The van der Waals surface area contributed by atoms with E-state index in [4.69, 9.17) is 23.2 Å². The summed E-state index contributed by atoms with van der Waals surface area (Å²) in [5.74, 6) is -0.298. The third kappa shape index (κ3) is 3.27. The molecule has 2 aromatic carbocycles. The van der Waals surface area contributed by atoms with Gasteiger partial charge in [0, 0.05) is 47.0 Å². The fourth-order valence-electron chi connectivity index (χ4n) is 3.14. The second-order valence-electron chi connectivity index (χ2n) is 6.14. The number of fused-ring (bicyclic) bond motifs is 1. The molecule has 1 saturated heterocycles. The first-order valence-corrected chi connectivity index (χ1v) is 9.77. The maximum absolute atomic E-state index is 13.1. The standard InChI is InChI=1S/C19H15Cl2FN2OS/c20-12-1-6-15-16(11-12)26-18(17(15)21)19(25)24-9-7-23(8-10-24)14-4-2-13(22)3-5-14/h1-6,11H,7-10H2. The van der Waals surface area contributed by atoms with Crippen LogP contribution in [0.25, 0.3) is 10.1 Å². The van der Waals surface area contributed by atoms with Crippen molar-refractivity contribution in [2.24, 2.45) is 0 Å². The highest BCUT2D eigenvalue weighted by atomic mass is 35.5. The SMILES string of the molecule is O=C(c1sc2cc(Cl)ccc2c1Cl)N1CCN(c2ccc(F)cc2)CC1. The monoisotopic (exact) mass is 408 g/mol. The average Bonchev–Trinajstić information content (AvgIpc) is 2.98. The molecule has 0 N–H and O–H groups in total. The van der Waals surface area contributed by atoms with Crippen molar-refractivity contribution in [3.63, 3.8) is 0 Å². The molecule has 3 aromatic rings. The van der Waals surface area contributed by atoms with Gasteiger partial charge in [-0.15, -0.1) is 11.3 Å². The van der Waals surface area contributed by atoms with Crippen molar-refractivity contribution >= 4 is 56.2 Å². The van der Waals surface area contributed by atoms with E-state index in [-0.39, 0.29) is 11.7 Å². The van der Waals surface area contributed by atoms with Crippen molar-refractivity contribution in [3.8, 4) is 0 Å². The molecule has 1 aliphatic rings. The second kappa shape index (κ2) is 7.06. The summed E-state index contributed by atoms with van der Waals surface area (Å²) < 4.78 is 14.0. The first kappa shape index (κ1) is 17.6. The van der Waals surface area contributed by atoms with Crippen LogP contribution < -0.4 is 4.90 Å². The fraction of sp³-hybridized carbons (Fsp3) is 0.211. The van der Waals surface area contributed by atoms with Crippen molar-refractivity contribution in [1.29, 1.82) is 0 Å². The molecule has 0 atom stereocenters. The van der Waals surface area contributed by atoms with Crippen LogP contribution in [0, 0.1) is 5.82 Å². The van der Waals surface area contributed by atoms with E-state index in [1.807, 2.05) is 17.0 Å². The van der Waals surface area contributed by atoms with Gasteiger partial charge in [0.25, 0.3) is 5.91 Å². The molecule has 1 fully saturated rings. The van der Waals surface area contributed by atoms with E-state index in [1.165, 1.54) is 23.5 Å². The van der Waals surface area contributed by atoms with Gasteiger partial charge in [-0.1, -0.05) is 29.3 Å². The Morgan fingerprint density at radius 3 is 2.38 bits per heavy atom. The van der Waals surface area contributed by atoms with Gasteiger partial charge in [-0.2, -0.15) is 0 Å². The smallest absolute Gasteiger partial charge is 0.265 e. The number of rotatable bonds is 2. The summed E-state index contributed by atoms with van der Waals surface area (Å²) in [6.07, 6.45) is 0. The molecule has 0 aliphatic carbocycles. The van der Waals surface area contributed by atoms with Gasteiger partial charge < -0.3 is 9.80 Å². The Balaban J connectivity index is 1.50. The molecule has 134 valence electrons. The molecule has 1 amide bonds. The maximum atomic E-state index is 13.1. The number of halogens is 3. The first-order valence-electron chi connectivity index (χ1n) is 8.20. The van der Waals surface area contributed by atoms with Crippen molar-refractivity contribution in [2.75, 3.05) is 31.1 Å². The van der Waals surface area contributed by atoms with E-state index in [0.717, 1.165) is 15.8 Å². The van der Waals surface area contributed by atoms with E-state index in [2.05, 4.69) is 4.90 Å². The van der Waals surface area contributed by atoms with Gasteiger partial charge in [0.1, 0.15) is 10.7 Å². The lowest BCUT2D eigenvalue weighted by atomic mass is 10.2. The molecule has 0 spiro atoms. The topological polar surface area (TPSA) is 23.6 Å². The molecule has 4 rings (SSSR count). The third-order valence-corrected chi connectivity index (χ3v) is 6.42. The predicted molar refractivity (Wildman–Crippen MR) is 106 cm³/mol. The van der Waals surface area contributed by atoms with E-state index in [9.17, 15) is 9.18 Å². The lowest BCUT2D eigenvalue weighted by Crippen LogP contribution is -2.48.